The van der Waals surface area contributed by atoms with Crippen LogP contribution >= 0.6 is 24.0 Å². The first-order valence-corrected chi connectivity index (χ1v) is 9.24. The Bertz CT molecular complexity index is 371. The van der Waals surface area contributed by atoms with Gasteiger partial charge in [-0.25, -0.2) is 0 Å². The quantitative estimate of drug-likeness (QED) is 0.586. The Morgan fingerprint density at radius 3 is 2.39 bits per heavy atom. The molecule has 0 amide bonds. The zero-order chi connectivity index (χ0) is 17.7. The fourth-order valence-electron chi connectivity index (χ4n) is 2.47. The molecule has 0 radical (unpaired) electrons. The van der Waals surface area contributed by atoms with E-state index in [9.17, 15) is 5.11 Å². The Kier molecular flexibility index (Phi) is 8.36. The van der Waals surface area contributed by atoms with Gasteiger partial charge in [0.25, 0.3) is 0 Å². The number of thiocarbonyl (C=S) groups is 1. The van der Waals surface area contributed by atoms with Crippen LogP contribution in [-0.2, 0) is 23.7 Å². The minimum Gasteiger partial charge on any atom is -0.378 e. The molecule has 2 aliphatic rings. The van der Waals surface area contributed by atoms with Gasteiger partial charge >= 0.3 is 0 Å². The summed E-state index contributed by atoms with van der Waals surface area (Å²) in [5, 5.41) is 9.67. The monoisotopic (exact) mass is 368 g/mol. The molecule has 2 saturated heterocycles. The zero-order valence-corrected chi connectivity index (χ0v) is 16.2. The average molecular weight is 369 g/mol. The fourth-order valence-corrected chi connectivity index (χ4v) is 2.47. The molecule has 2 fully saturated rings. The lowest BCUT2D eigenvalue weighted by Crippen LogP contribution is -2.38. The molecule has 8 heteroatoms. The first-order valence-electron chi connectivity index (χ1n) is 7.48. The van der Waals surface area contributed by atoms with Gasteiger partial charge in [0.2, 0.25) is 0 Å². The van der Waals surface area contributed by atoms with E-state index < -0.39 is 17.9 Å². The van der Waals surface area contributed by atoms with Crippen molar-refractivity contribution in [2.24, 2.45) is 0 Å². The number of hydrogen-bond donors (Lipinski definition) is 1. The largest absolute Gasteiger partial charge is 0.378 e. The number of thioether (sulfide) groups is 1. The number of methoxy groups -OCH3 is 1. The molecular weight excluding hydrogens is 340 g/mol. The number of aliphatic hydroxyl groups is 1. The van der Waals surface area contributed by atoms with Crippen LogP contribution in [0.3, 0.4) is 0 Å². The van der Waals surface area contributed by atoms with E-state index in [1.54, 1.807) is 37.4 Å². The van der Waals surface area contributed by atoms with Crippen molar-refractivity contribution in [3.8, 4) is 0 Å². The van der Waals surface area contributed by atoms with Crippen LogP contribution in [0.15, 0.2) is 0 Å². The summed E-state index contributed by atoms with van der Waals surface area (Å²) < 4.78 is 29.6. The zero-order valence-electron chi connectivity index (χ0n) is 14.6. The van der Waals surface area contributed by atoms with Gasteiger partial charge in [0.1, 0.15) is 12.2 Å². The highest BCUT2D eigenvalue weighted by Crippen LogP contribution is 2.34. The minimum absolute atomic E-state index is 0.130. The van der Waals surface area contributed by atoms with Crippen molar-refractivity contribution in [2.45, 2.75) is 70.3 Å². The highest BCUT2D eigenvalue weighted by molar-refractivity contribution is 8.20. The third kappa shape index (κ3) is 7.31. The second kappa shape index (κ2) is 9.05. The highest BCUT2D eigenvalue weighted by atomic mass is 32.2. The maximum absolute atomic E-state index is 9.67. The highest BCUT2D eigenvalue weighted by Gasteiger charge is 2.47. The van der Waals surface area contributed by atoms with Crippen LogP contribution in [0, 0.1) is 0 Å². The predicted octanol–water partition coefficient (Wildman–Crippen LogP) is 2.32. The van der Waals surface area contributed by atoms with Gasteiger partial charge in [-0.2, -0.15) is 0 Å². The minimum atomic E-state index is -1.23. The van der Waals surface area contributed by atoms with Crippen LogP contribution in [0.4, 0.5) is 0 Å². The number of ether oxygens (including phenoxy) is 5. The van der Waals surface area contributed by atoms with Crippen LogP contribution in [0.5, 0.6) is 0 Å². The van der Waals surface area contributed by atoms with E-state index >= 15 is 0 Å². The van der Waals surface area contributed by atoms with Gasteiger partial charge in [-0.05, 0) is 34.0 Å². The molecule has 0 aromatic heterocycles. The second-order valence-electron chi connectivity index (χ2n) is 6.30. The molecule has 0 aromatic rings. The Balaban J connectivity index is 0.000000593. The van der Waals surface area contributed by atoms with Crippen molar-refractivity contribution in [1.82, 2.24) is 0 Å². The average Bonchev–Trinajstić information content (AvgIpc) is 3.00. The molecule has 23 heavy (non-hydrogen) atoms. The summed E-state index contributed by atoms with van der Waals surface area (Å²) in [6, 6.07) is 0. The van der Waals surface area contributed by atoms with Crippen molar-refractivity contribution >= 4 is 28.7 Å². The van der Waals surface area contributed by atoms with Crippen molar-refractivity contribution in [1.29, 1.82) is 0 Å². The summed E-state index contributed by atoms with van der Waals surface area (Å²) >= 11 is 5.94. The smallest absolute Gasteiger partial charge is 0.164 e. The van der Waals surface area contributed by atoms with Gasteiger partial charge in [-0.3, -0.25) is 0 Å². The van der Waals surface area contributed by atoms with Crippen LogP contribution in [0.2, 0.25) is 0 Å². The van der Waals surface area contributed by atoms with Gasteiger partial charge in [0.05, 0.1) is 12.7 Å². The van der Waals surface area contributed by atoms with E-state index in [1.165, 1.54) is 0 Å². The van der Waals surface area contributed by atoms with Gasteiger partial charge in [-0.15, -0.1) is 11.8 Å². The first kappa shape index (κ1) is 21.2. The van der Waals surface area contributed by atoms with E-state index in [-0.39, 0.29) is 18.3 Å². The summed E-state index contributed by atoms with van der Waals surface area (Å²) in [5.74, 6) is -1.83. The van der Waals surface area contributed by atoms with E-state index in [0.717, 1.165) is 0 Å². The van der Waals surface area contributed by atoms with Crippen LogP contribution in [-0.4, -0.2) is 66.0 Å². The fraction of sp³-hybridized carbons (Fsp3) is 0.933. The van der Waals surface area contributed by atoms with Crippen molar-refractivity contribution in [3.63, 3.8) is 0 Å². The van der Waals surface area contributed by atoms with Crippen LogP contribution in [0.1, 0.15) is 34.1 Å². The molecule has 6 nitrogen and oxygen atoms in total. The Morgan fingerprint density at radius 2 is 2.00 bits per heavy atom. The molecule has 4 atom stereocenters. The topological polar surface area (TPSA) is 66.4 Å². The van der Waals surface area contributed by atoms with Crippen LogP contribution in [0.25, 0.3) is 0 Å². The molecule has 2 aliphatic heterocycles. The summed E-state index contributed by atoms with van der Waals surface area (Å²) in [4.78, 5) is 0. The number of rotatable bonds is 5. The van der Waals surface area contributed by atoms with Gasteiger partial charge in [0, 0.05) is 18.2 Å². The number of hydrogen-bond acceptors (Lipinski definition) is 8. The molecule has 0 saturated carbocycles. The SMILES string of the molecule is COC1CC(OC(C)(C)O)OC1C1COC(C)(C)O1.CSC=S. The Morgan fingerprint density at radius 1 is 1.39 bits per heavy atom. The lowest BCUT2D eigenvalue weighted by atomic mass is 10.1. The first-order chi connectivity index (χ1) is 10.6. The maximum Gasteiger partial charge on any atom is 0.164 e. The van der Waals surface area contributed by atoms with E-state index in [4.69, 9.17) is 23.7 Å². The molecular formula is C15H28O6S2. The molecule has 0 aromatic carbocycles. The predicted molar refractivity (Wildman–Crippen MR) is 93.5 cm³/mol. The summed E-state index contributed by atoms with van der Waals surface area (Å²) in [7, 11) is 1.63. The molecule has 1 N–H and O–H groups in total. The normalized spacial score (nSPS) is 33.2. The maximum atomic E-state index is 9.67. The molecule has 0 bridgehead atoms. The Labute approximate surface area is 148 Å². The van der Waals surface area contributed by atoms with Gasteiger partial charge in [0.15, 0.2) is 17.9 Å². The molecule has 0 aliphatic carbocycles. The molecule has 4 unspecified atom stereocenters. The van der Waals surface area contributed by atoms with Gasteiger partial charge in [-0.1, -0.05) is 12.2 Å². The standard InChI is InChI=1S/C13H24O6.C2H4S2/c1-12(2,14)19-10-6-8(15-5)11(17-10)9-7-16-13(3,4)18-9;1-4-2-3/h8-11,14H,6-7H2,1-5H3;2H,1H3. The third-order valence-electron chi connectivity index (χ3n) is 3.32. The summed E-state index contributed by atoms with van der Waals surface area (Å²) in [5.41, 5.74) is 0. The van der Waals surface area contributed by atoms with Crippen molar-refractivity contribution in [3.05, 3.63) is 0 Å². The third-order valence-corrected chi connectivity index (χ3v) is 4.09. The lowest BCUT2D eigenvalue weighted by Gasteiger charge is -2.25. The van der Waals surface area contributed by atoms with Crippen LogP contribution < -0.4 is 0 Å². The molecule has 136 valence electrons. The summed E-state index contributed by atoms with van der Waals surface area (Å²) in [6.07, 6.45) is 1.44. The van der Waals surface area contributed by atoms with Crippen molar-refractivity contribution in [2.75, 3.05) is 20.0 Å². The van der Waals surface area contributed by atoms with E-state index in [1.807, 2.05) is 20.1 Å². The van der Waals surface area contributed by atoms with Gasteiger partial charge < -0.3 is 28.8 Å². The molecule has 0 spiro atoms. The van der Waals surface area contributed by atoms with E-state index in [0.29, 0.717) is 13.0 Å². The second-order valence-corrected chi connectivity index (χ2v) is 7.54. The lowest BCUT2D eigenvalue weighted by molar-refractivity contribution is -0.275. The summed E-state index contributed by atoms with van der Waals surface area (Å²) in [6.45, 7) is 7.35. The molecule has 2 rings (SSSR count). The van der Waals surface area contributed by atoms with E-state index in [2.05, 4.69) is 12.2 Å². The van der Waals surface area contributed by atoms with Crippen molar-refractivity contribution < 1.29 is 28.8 Å². The Hall–Kier alpha value is 0.200. The molecule has 2 heterocycles.